The molecule has 0 unspecified atom stereocenters. The molecule has 1 N–H and O–H groups in total. The molecule has 2 heterocycles. The van der Waals surface area contributed by atoms with Crippen molar-refractivity contribution in [1.82, 2.24) is 9.97 Å². The summed E-state index contributed by atoms with van der Waals surface area (Å²) in [5.41, 5.74) is 0.113. The Bertz CT molecular complexity index is 865. The van der Waals surface area contributed by atoms with E-state index in [9.17, 15) is 16.8 Å². The van der Waals surface area contributed by atoms with Crippen LogP contribution in [0.4, 0.5) is 5.69 Å². The number of nitrogens with one attached hydrogen (secondary N) is 1. The van der Waals surface area contributed by atoms with E-state index in [1.165, 1.54) is 30.5 Å². The van der Waals surface area contributed by atoms with Crippen LogP contribution in [0.5, 0.6) is 0 Å². The second-order valence-electron chi connectivity index (χ2n) is 4.06. The van der Waals surface area contributed by atoms with Crippen molar-refractivity contribution >= 4 is 37.1 Å². The molecule has 0 saturated carbocycles. The maximum Gasteiger partial charge on any atom is 0.265 e. The fourth-order valence-corrected chi connectivity index (χ4v) is 3.50. The Morgan fingerprint density at radius 3 is 2.33 bits per heavy atom. The molecule has 2 aromatic rings. The van der Waals surface area contributed by atoms with Gasteiger partial charge in [0, 0.05) is 12.5 Å². The highest BCUT2D eigenvalue weighted by Gasteiger charge is 2.19. The minimum absolute atomic E-state index is 0.113. The lowest BCUT2D eigenvalue weighted by molar-refractivity contribution is 0.598. The molecule has 10 heteroatoms. The third-order valence-corrected chi connectivity index (χ3v) is 5.21. The van der Waals surface area contributed by atoms with E-state index in [0.717, 1.165) is 12.5 Å². The van der Waals surface area contributed by atoms with Crippen molar-refractivity contribution in [2.45, 2.75) is 9.92 Å². The van der Waals surface area contributed by atoms with Crippen LogP contribution in [0, 0.1) is 0 Å². The third kappa shape index (κ3) is 3.69. The van der Waals surface area contributed by atoms with Gasteiger partial charge in [0.1, 0.15) is 10.0 Å². The molecule has 0 aliphatic rings. The van der Waals surface area contributed by atoms with Gasteiger partial charge in [-0.3, -0.25) is 4.72 Å². The van der Waals surface area contributed by atoms with Crippen LogP contribution in [0.3, 0.4) is 0 Å². The summed E-state index contributed by atoms with van der Waals surface area (Å²) in [6, 6.07) is 5.24. The van der Waals surface area contributed by atoms with Gasteiger partial charge in [-0.1, -0.05) is 11.6 Å². The van der Waals surface area contributed by atoms with Crippen LogP contribution in [0.15, 0.2) is 46.6 Å². The fourth-order valence-electron chi connectivity index (χ4n) is 1.44. The van der Waals surface area contributed by atoms with E-state index in [-0.39, 0.29) is 20.8 Å². The van der Waals surface area contributed by atoms with Gasteiger partial charge in [0.2, 0.25) is 0 Å². The summed E-state index contributed by atoms with van der Waals surface area (Å²) in [6.07, 6.45) is 3.48. The molecule has 112 valence electrons. The number of rotatable bonds is 4. The number of hydrogen-bond acceptors (Lipinski definition) is 6. The quantitative estimate of drug-likeness (QED) is 0.836. The average molecular weight is 348 g/mol. The molecule has 0 saturated heterocycles. The van der Waals surface area contributed by atoms with Gasteiger partial charge in [-0.2, -0.15) is 0 Å². The first-order chi connectivity index (χ1) is 9.70. The van der Waals surface area contributed by atoms with Crippen LogP contribution < -0.4 is 4.72 Å². The Hall–Kier alpha value is -1.71. The Labute approximate surface area is 127 Å². The molecule has 0 amide bonds. The second-order valence-corrected chi connectivity index (χ2v) is 8.03. The molecule has 7 nitrogen and oxygen atoms in total. The van der Waals surface area contributed by atoms with Crippen molar-refractivity contribution in [3.05, 3.63) is 41.8 Å². The smallest absolute Gasteiger partial charge is 0.265 e. The summed E-state index contributed by atoms with van der Waals surface area (Å²) in [4.78, 5) is 7.19. The van der Waals surface area contributed by atoms with E-state index in [1.807, 2.05) is 0 Å². The van der Waals surface area contributed by atoms with Crippen molar-refractivity contribution in [3.8, 4) is 0 Å². The van der Waals surface area contributed by atoms with Crippen LogP contribution in [0.25, 0.3) is 0 Å². The number of sulfonamides is 1. The van der Waals surface area contributed by atoms with Crippen LogP contribution in [0.2, 0.25) is 5.15 Å². The standard InChI is InChI=1S/C11H10ClN3O4S2/c1-20(16,17)10-5-4-8(7-14-10)15-21(18,19)9-3-2-6-13-11(9)12/h2-7,15H,1H3. The summed E-state index contributed by atoms with van der Waals surface area (Å²) < 4.78 is 49.0. The maximum atomic E-state index is 12.1. The maximum absolute atomic E-state index is 12.1. The number of hydrogen-bond donors (Lipinski definition) is 1. The van der Waals surface area contributed by atoms with Crippen LogP contribution >= 0.6 is 11.6 Å². The second kappa shape index (κ2) is 5.58. The van der Waals surface area contributed by atoms with Crippen LogP contribution in [-0.2, 0) is 19.9 Å². The summed E-state index contributed by atoms with van der Waals surface area (Å²) in [5.74, 6) is 0. The Morgan fingerprint density at radius 2 is 1.81 bits per heavy atom. The van der Waals surface area contributed by atoms with Gasteiger partial charge >= 0.3 is 0 Å². The Balaban J connectivity index is 2.32. The number of nitrogens with zero attached hydrogens (tertiary/aromatic N) is 2. The molecule has 0 aromatic carbocycles. The first kappa shape index (κ1) is 15.7. The Kier molecular flexibility index (Phi) is 4.17. The summed E-state index contributed by atoms with van der Waals surface area (Å²) in [5, 5.41) is -0.310. The molecule has 0 aliphatic carbocycles. The molecule has 21 heavy (non-hydrogen) atoms. The zero-order valence-corrected chi connectivity index (χ0v) is 13.1. The largest absolute Gasteiger partial charge is 0.278 e. The zero-order chi connectivity index (χ0) is 15.7. The predicted molar refractivity (Wildman–Crippen MR) is 77.4 cm³/mol. The highest BCUT2D eigenvalue weighted by Crippen LogP contribution is 2.21. The SMILES string of the molecule is CS(=O)(=O)c1ccc(NS(=O)(=O)c2cccnc2Cl)cn1. The highest BCUT2D eigenvalue weighted by atomic mass is 35.5. The van der Waals surface area contributed by atoms with E-state index < -0.39 is 19.9 Å². The van der Waals surface area contributed by atoms with Crippen molar-refractivity contribution in [3.63, 3.8) is 0 Å². The molecule has 0 spiro atoms. The van der Waals surface area contributed by atoms with Gasteiger partial charge in [0.05, 0.1) is 11.9 Å². The van der Waals surface area contributed by atoms with Crippen molar-refractivity contribution in [2.24, 2.45) is 0 Å². The monoisotopic (exact) mass is 347 g/mol. The lowest BCUT2D eigenvalue weighted by atomic mass is 10.4. The number of sulfone groups is 1. The third-order valence-electron chi connectivity index (χ3n) is 2.38. The van der Waals surface area contributed by atoms with E-state index in [1.54, 1.807) is 0 Å². The highest BCUT2D eigenvalue weighted by molar-refractivity contribution is 7.92. The summed E-state index contributed by atoms with van der Waals surface area (Å²) in [7, 11) is -7.37. The molecule has 0 fully saturated rings. The van der Waals surface area contributed by atoms with E-state index in [2.05, 4.69) is 14.7 Å². The van der Waals surface area contributed by atoms with Gasteiger partial charge < -0.3 is 0 Å². The molecular formula is C11H10ClN3O4S2. The molecular weight excluding hydrogens is 338 g/mol. The molecule has 0 aliphatic heterocycles. The lowest BCUT2D eigenvalue weighted by Crippen LogP contribution is -2.14. The summed E-state index contributed by atoms with van der Waals surface area (Å²) in [6.45, 7) is 0. The minimum atomic E-state index is -3.93. The van der Waals surface area contributed by atoms with E-state index in [4.69, 9.17) is 11.6 Å². The summed E-state index contributed by atoms with van der Waals surface area (Å²) >= 11 is 5.73. The van der Waals surface area contributed by atoms with Gasteiger partial charge in [-0.25, -0.2) is 26.8 Å². The number of aromatic nitrogens is 2. The van der Waals surface area contributed by atoms with Crippen molar-refractivity contribution < 1.29 is 16.8 Å². The molecule has 2 rings (SSSR count). The predicted octanol–water partition coefficient (Wildman–Crippen LogP) is 1.33. The zero-order valence-electron chi connectivity index (χ0n) is 10.7. The number of pyridine rings is 2. The van der Waals surface area contributed by atoms with Gasteiger partial charge in [-0.05, 0) is 24.3 Å². The topological polar surface area (TPSA) is 106 Å². The van der Waals surface area contributed by atoms with Gasteiger partial charge in [-0.15, -0.1) is 0 Å². The number of anilines is 1. The molecule has 0 radical (unpaired) electrons. The van der Waals surface area contributed by atoms with Gasteiger partial charge in [0.25, 0.3) is 10.0 Å². The van der Waals surface area contributed by atoms with Crippen molar-refractivity contribution in [2.75, 3.05) is 11.0 Å². The van der Waals surface area contributed by atoms with Crippen LogP contribution in [-0.4, -0.2) is 33.1 Å². The minimum Gasteiger partial charge on any atom is -0.278 e. The Morgan fingerprint density at radius 1 is 1.10 bits per heavy atom. The van der Waals surface area contributed by atoms with E-state index in [0.29, 0.717) is 0 Å². The first-order valence-electron chi connectivity index (χ1n) is 5.49. The normalized spacial score (nSPS) is 12.1. The van der Waals surface area contributed by atoms with Crippen LogP contribution in [0.1, 0.15) is 0 Å². The van der Waals surface area contributed by atoms with Gasteiger partial charge in [0.15, 0.2) is 14.9 Å². The van der Waals surface area contributed by atoms with E-state index >= 15 is 0 Å². The molecule has 0 bridgehead atoms. The lowest BCUT2D eigenvalue weighted by Gasteiger charge is -2.08. The molecule has 0 atom stereocenters. The first-order valence-corrected chi connectivity index (χ1v) is 9.25. The van der Waals surface area contributed by atoms with Crippen molar-refractivity contribution in [1.29, 1.82) is 0 Å². The fraction of sp³-hybridized carbons (Fsp3) is 0.0909. The molecule has 2 aromatic heterocycles. The number of halogens is 1. The average Bonchev–Trinajstić information content (AvgIpc) is 2.38.